The number of esters is 1. The molecule has 1 aliphatic heterocycles. The lowest BCUT2D eigenvalue weighted by atomic mass is 9.77. The molecule has 3 aromatic rings. The maximum Gasteiger partial charge on any atom is 0.310 e. The minimum atomic E-state index is -0.654. The number of benzene rings is 3. The summed E-state index contributed by atoms with van der Waals surface area (Å²) in [6.07, 6.45) is 4.73. The molecule has 2 aliphatic rings. The minimum absolute atomic E-state index is 0.0641. The Kier molecular flexibility index (Phi) is 7.03. The third-order valence-electron chi connectivity index (χ3n) is 6.69. The average molecular weight is 483 g/mol. The molecule has 1 saturated carbocycles. The molecule has 1 fully saturated rings. The molecule has 1 aliphatic carbocycles. The van der Waals surface area contributed by atoms with Crippen LogP contribution in [0.25, 0.3) is 6.08 Å². The molecule has 5 nitrogen and oxygen atoms in total. The van der Waals surface area contributed by atoms with Crippen LogP contribution < -0.4 is 0 Å². The summed E-state index contributed by atoms with van der Waals surface area (Å²) in [7, 11) is 0. The lowest BCUT2D eigenvalue weighted by Gasteiger charge is -2.29. The van der Waals surface area contributed by atoms with Crippen molar-refractivity contribution in [1.82, 2.24) is 5.01 Å². The smallest absolute Gasteiger partial charge is 0.310 e. The maximum atomic E-state index is 13.9. The third-order valence-corrected chi connectivity index (χ3v) is 6.69. The molecule has 0 N–H and O–H groups in total. The predicted molar refractivity (Wildman–Crippen MR) is 136 cm³/mol. The van der Waals surface area contributed by atoms with Gasteiger partial charge in [-0.2, -0.15) is 5.10 Å². The fourth-order valence-electron chi connectivity index (χ4n) is 5.00. The van der Waals surface area contributed by atoms with Gasteiger partial charge in [0.2, 0.25) is 0 Å². The molecule has 6 heteroatoms. The number of allylic oxidation sites excluding steroid dienone is 1. The molecule has 1 amide bonds. The van der Waals surface area contributed by atoms with Gasteiger partial charge in [0.05, 0.1) is 18.2 Å². The molecule has 0 spiro atoms. The Balaban J connectivity index is 1.37. The van der Waals surface area contributed by atoms with Crippen molar-refractivity contribution in [3.8, 4) is 0 Å². The van der Waals surface area contributed by atoms with Crippen LogP contribution in [0.5, 0.6) is 0 Å². The number of hydrogen-bond acceptors (Lipinski definition) is 4. The monoisotopic (exact) mass is 482 g/mol. The highest BCUT2D eigenvalue weighted by molar-refractivity contribution is 6.08. The number of hydrazone groups is 1. The van der Waals surface area contributed by atoms with Gasteiger partial charge in [0, 0.05) is 5.92 Å². The summed E-state index contributed by atoms with van der Waals surface area (Å²) in [4.78, 5) is 25.6. The van der Waals surface area contributed by atoms with Gasteiger partial charge in [0.1, 0.15) is 5.82 Å². The van der Waals surface area contributed by atoms with Crippen LogP contribution in [0.15, 0.2) is 95.6 Å². The summed E-state index contributed by atoms with van der Waals surface area (Å²) in [5.41, 5.74) is 4.38. The fraction of sp³-hybridized carbons (Fsp3) is 0.233. The zero-order valence-corrected chi connectivity index (χ0v) is 19.8. The summed E-state index contributed by atoms with van der Waals surface area (Å²) >= 11 is 0. The Hall–Kier alpha value is -4.06. The van der Waals surface area contributed by atoms with E-state index in [4.69, 9.17) is 9.84 Å². The van der Waals surface area contributed by atoms with Crippen LogP contribution in [0.2, 0.25) is 0 Å². The van der Waals surface area contributed by atoms with Crippen molar-refractivity contribution in [3.63, 3.8) is 0 Å². The molecule has 2 atom stereocenters. The number of hydrogen-bond donors (Lipinski definition) is 0. The number of rotatable bonds is 6. The molecule has 3 aromatic carbocycles. The molecule has 5 rings (SSSR count). The van der Waals surface area contributed by atoms with Gasteiger partial charge in [-0.25, -0.2) is 9.40 Å². The molecule has 2 unspecified atom stereocenters. The molecular weight excluding hydrogens is 455 g/mol. The quantitative estimate of drug-likeness (QED) is 0.422. The first kappa shape index (κ1) is 23.7. The minimum Gasteiger partial charge on any atom is -0.455 e. The van der Waals surface area contributed by atoms with Crippen LogP contribution in [0.1, 0.15) is 42.0 Å². The second kappa shape index (κ2) is 10.7. The standard InChI is InChI=1S/C30H27FN2O3/c31-26-17-8-7-14-23(26)19-28(35)36-20-27(34)33-30(22-12-5-2-6-13-22)25-16-9-15-24(29(25)32-33)18-21-10-3-1-4-11-21/h1-8,10-14,17-18,25,30H,9,15-16,19-20H2. The van der Waals surface area contributed by atoms with E-state index in [-0.39, 0.29) is 23.9 Å². The molecule has 182 valence electrons. The highest BCUT2D eigenvalue weighted by atomic mass is 19.1. The van der Waals surface area contributed by atoms with E-state index in [0.717, 1.165) is 41.7 Å². The molecule has 1 heterocycles. The van der Waals surface area contributed by atoms with E-state index in [0.29, 0.717) is 0 Å². The summed E-state index contributed by atoms with van der Waals surface area (Å²) in [5, 5.41) is 6.28. The molecule has 36 heavy (non-hydrogen) atoms. The molecular formula is C30H27FN2O3. The van der Waals surface area contributed by atoms with E-state index in [2.05, 4.69) is 18.2 Å². The number of fused-ring (bicyclic) bond motifs is 1. The summed E-state index contributed by atoms with van der Waals surface area (Å²) < 4.78 is 19.1. The van der Waals surface area contributed by atoms with E-state index in [1.165, 1.54) is 17.1 Å². The van der Waals surface area contributed by atoms with Gasteiger partial charge in [-0.05, 0) is 53.7 Å². The second-order valence-corrected chi connectivity index (χ2v) is 9.09. The zero-order chi connectivity index (χ0) is 24.9. The van der Waals surface area contributed by atoms with Crippen LogP contribution in [0.3, 0.4) is 0 Å². The van der Waals surface area contributed by atoms with Crippen molar-refractivity contribution in [2.24, 2.45) is 11.0 Å². The van der Waals surface area contributed by atoms with Gasteiger partial charge in [-0.3, -0.25) is 9.59 Å². The number of carbonyl (C=O) groups excluding carboxylic acids is 2. The largest absolute Gasteiger partial charge is 0.455 e. The normalized spacial score (nSPS) is 20.1. The Morgan fingerprint density at radius 1 is 0.972 bits per heavy atom. The third kappa shape index (κ3) is 5.13. The molecule has 0 bridgehead atoms. The van der Waals surface area contributed by atoms with Crippen molar-refractivity contribution in [2.45, 2.75) is 31.7 Å². The average Bonchev–Trinajstić information content (AvgIpc) is 3.31. The first-order chi connectivity index (χ1) is 17.6. The second-order valence-electron chi connectivity index (χ2n) is 9.09. The van der Waals surface area contributed by atoms with E-state index in [1.807, 2.05) is 48.5 Å². The Morgan fingerprint density at radius 3 is 2.42 bits per heavy atom. The summed E-state index contributed by atoms with van der Waals surface area (Å²) in [6.45, 7) is -0.447. The number of nitrogens with zero attached hydrogens (tertiary/aromatic N) is 2. The Bertz CT molecular complexity index is 1300. The first-order valence-electron chi connectivity index (χ1n) is 12.2. The van der Waals surface area contributed by atoms with E-state index >= 15 is 0 Å². The molecule has 0 saturated heterocycles. The van der Waals surface area contributed by atoms with Crippen molar-refractivity contribution in [3.05, 3.63) is 113 Å². The number of ether oxygens (including phenoxy) is 1. The van der Waals surface area contributed by atoms with Crippen molar-refractivity contribution in [1.29, 1.82) is 0 Å². The lowest BCUT2D eigenvalue weighted by Crippen LogP contribution is -2.34. The SMILES string of the molecule is O=C(Cc1ccccc1F)OCC(=O)N1N=C2C(=Cc3ccccc3)CCCC2C1c1ccccc1. The van der Waals surface area contributed by atoms with Gasteiger partial charge < -0.3 is 4.74 Å². The van der Waals surface area contributed by atoms with Gasteiger partial charge >= 0.3 is 5.97 Å². The fourth-order valence-corrected chi connectivity index (χ4v) is 5.00. The van der Waals surface area contributed by atoms with E-state index in [1.54, 1.807) is 12.1 Å². The van der Waals surface area contributed by atoms with Gasteiger partial charge in [0.25, 0.3) is 5.91 Å². The number of amides is 1. The Morgan fingerprint density at radius 2 is 1.67 bits per heavy atom. The maximum absolute atomic E-state index is 13.9. The van der Waals surface area contributed by atoms with E-state index in [9.17, 15) is 14.0 Å². The summed E-state index contributed by atoms with van der Waals surface area (Å²) in [5.74, 6) is -1.46. The van der Waals surface area contributed by atoms with Crippen LogP contribution in [0, 0.1) is 11.7 Å². The van der Waals surface area contributed by atoms with E-state index < -0.39 is 24.3 Å². The lowest BCUT2D eigenvalue weighted by molar-refractivity contribution is -0.152. The van der Waals surface area contributed by atoms with Gasteiger partial charge in [-0.1, -0.05) is 78.9 Å². The molecule has 0 aromatic heterocycles. The molecule has 0 radical (unpaired) electrons. The van der Waals surface area contributed by atoms with Crippen molar-refractivity contribution < 1.29 is 18.7 Å². The first-order valence-corrected chi connectivity index (χ1v) is 12.2. The topological polar surface area (TPSA) is 59.0 Å². The van der Waals surface area contributed by atoms with Crippen LogP contribution in [0.4, 0.5) is 4.39 Å². The highest BCUT2D eigenvalue weighted by Crippen LogP contribution is 2.44. The van der Waals surface area contributed by atoms with Crippen LogP contribution >= 0.6 is 0 Å². The highest BCUT2D eigenvalue weighted by Gasteiger charge is 2.43. The van der Waals surface area contributed by atoms with Crippen molar-refractivity contribution >= 4 is 23.7 Å². The Labute approximate surface area is 209 Å². The van der Waals surface area contributed by atoms with Crippen LogP contribution in [-0.4, -0.2) is 29.2 Å². The zero-order valence-electron chi connectivity index (χ0n) is 19.8. The number of carbonyl (C=O) groups is 2. The van der Waals surface area contributed by atoms with Crippen LogP contribution in [-0.2, 0) is 20.7 Å². The predicted octanol–water partition coefficient (Wildman–Crippen LogP) is 5.73. The summed E-state index contributed by atoms with van der Waals surface area (Å²) in [6, 6.07) is 25.7. The van der Waals surface area contributed by atoms with Gasteiger partial charge in [0.15, 0.2) is 6.61 Å². The number of halogens is 1. The van der Waals surface area contributed by atoms with Gasteiger partial charge in [-0.15, -0.1) is 0 Å². The van der Waals surface area contributed by atoms with Crippen molar-refractivity contribution in [2.75, 3.05) is 6.61 Å².